The van der Waals surface area contributed by atoms with Crippen LogP contribution >= 0.6 is 11.5 Å². The van der Waals surface area contributed by atoms with Crippen molar-refractivity contribution in [2.24, 2.45) is 0 Å². The van der Waals surface area contributed by atoms with Crippen molar-refractivity contribution >= 4 is 27.7 Å². The molecule has 1 N–H and O–H groups in total. The first-order valence-corrected chi connectivity index (χ1v) is 8.01. The van der Waals surface area contributed by atoms with Crippen LogP contribution in [0.15, 0.2) is 18.2 Å². The minimum atomic E-state index is 0.282. The van der Waals surface area contributed by atoms with E-state index in [1.165, 1.54) is 23.5 Å². The second-order valence-electron chi connectivity index (χ2n) is 5.62. The number of hydrogen-bond donors (Lipinski definition) is 1. The third-order valence-electron chi connectivity index (χ3n) is 3.99. The zero-order chi connectivity index (χ0) is 14.4. The summed E-state index contributed by atoms with van der Waals surface area (Å²) in [5.41, 5.74) is 3.40. The molecule has 4 rings (SSSR count). The van der Waals surface area contributed by atoms with Gasteiger partial charge in [-0.15, -0.1) is 0 Å². The van der Waals surface area contributed by atoms with Crippen LogP contribution in [0.4, 0.5) is 5.13 Å². The Kier molecular flexibility index (Phi) is 2.92. The van der Waals surface area contributed by atoms with E-state index in [1.54, 1.807) is 0 Å². The lowest BCUT2D eigenvalue weighted by atomic mass is 10.2. The number of anilines is 1. The van der Waals surface area contributed by atoms with Gasteiger partial charge in [-0.05, 0) is 44.4 Å². The standard InChI is InChI=1S/C15H17N5S/c1-9-5-6-11-12(8-9)18-14(17-11)13-4-3-7-20(13)15-16-10(2)19-21-15/h5-6,8,13H,3-4,7H2,1-2H3,(H,17,18)/t13-/m1/s1. The van der Waals surface area contributed by atoms with Crippen LogP contribution in [-0.2, 0) is 0 Å². The van der Waals surface area contributed by atoms with E-state index in [0.717, 1.165) is 40.8 Å². The van der Waals surface area contributed by atoms with Gasteiger partial charge in [-0.1, -0.05) is 6.07 Å². The van der Waals surface area contributed by atoms with Crippen LogP contribution in [-0.4, -0.2) is 25.9 Å². The van der Waals surface area contributed by atoms with Gasteiger partial charge < -0.3 is 9.88 Å². The Labute approximate surface area is 127 Å². The van der Waals surface area contributed by atoms with E-state index in [1.807, 2.05) is 6.92 Å². The number of nitrogens with zero attached hydrogens (tertiary/aromatic N) is 4. The highest BCUT2D eigenvalue weighted by Crippen LogP contribution is 2.36. The van der Waals surface area contributed by atoms with Crippen molar-refractivity contribution < 1.29 is 0 Å². The average molecular weight is 299 g/mol. The molecule has 6 heteroatoms. The fraction of sp³-hybridized carbons (Fsp3) is 0.400. The molecule has 3 heterocycles. The highest BCUT2D eigenvalue weighted by Gasteiger charge is 2.30. The lowest BCUT2D eigenvalue weighted by molar-refractivity contribution is 0.677. The molecule has 0 aliphatic carbocycles. The maximum absolute atomic E-state index is 4.78. The van der Waals surface area contributed by atoms with Gasteiger partial charge in [-0.2, -0.15) is 4.37 Å². The van der Waals surface area contributed by atoms with Crippen LogP contribution in [0, 0.1) is 13.8 Å². The quantitative estimate of drug-likeness (QED) is 0.788. The first-order chi connectivity index (χ1) is 10.2. The lowest BCUT2D eigenvalue weighted by Gasteiger charge is -2.21. The number of imidazole rings is 1. The van der Waals surface area contributed by atoms with E-state index < -0.39 is 0 Å². The Balaban J connectivity index is 1.72. The van der Waals surface area contributed by atoms with E-state index in [-0.39, 0.29) is 6.04 Å². The van der Waals surface area contributed by atoms with Gasteiger partial charge in [0.15, 0.2) is 0 Å². The molecule has 1 saturated heterocycles. The Morgan fingerprint density at radius 2 is 2.19 bits per heavy atom. The minimum absolute atomic E-state index is 0.282. The number of H-pyrrole nitrogens is 1. The van der Waals surface area contributed by atoms with E-state index in [9.17, 15) is 0 Å². The summed E-state index contributed by atoms with van der Waals surface area (Å²) in [6, 6.07) is 6.62. The summed E-state index contributed by atoms with van der Waals surface area (Å²) in [5, 5.41) is 1.01. The number of benzene rings is 1. The maximum Gasteiger partial charge on any atom is 0.205 e. The smallest absolute Gasteiger partial charge is 0.205 e. The molecule has 0 saturated carbocycles. The van der Waals surface area contributed by atoms with E-state index in [4.69, 9.17) is 4.98 Å². The van der Waals surface area contributed by atoms with E-state index in [0.29, 0.717) is 0 Å². The highest BCUT2D eigenvalue weighted by molar-refractivity contribution is 7.09. The monoisotopic (exact) mass is 299 g/mol. The summed E-state index contributed by atoms with van der Waals surface area (Å²) in [6.07, 6.45) is 2.27. The molecule has 1 fully saturated rings. The number of hydrogen-bond acceptors (Lipinski definition) is 5. The molecule has 21 heavy (non-hydrogen) atoms. The highest BCUT2D eigenvalue weighted by atomic mass is 32.1. The SMILES string of the molecule is Cc1ccc2nc([C@H]3CCCN3c3nc(C)ns3)[nH]c2c1. The first kappa shape index (κ1) is 12.8. The molecule has 0 unspecified atom stereocenters. The summed E-state index contributed by atoms with van der Waals surface area (Å²) in [4.78, 5) is 15.1. The van der Waals surface area contributed by atoms with Crippen molar-refractivity contribution in [3.05, 3.63) is 35.4 Å². The molecule has 108 valence electrons. The number of rotatable bonds is 2. The Bertz CT molecular complexity index is 790. The van der Waals surface area contributed by atoms with Gasteiger partial charge in [-0.25, -0.2) is 9.97 Å². The Morgan fingerprint density at radius 1 is 1.29 bits per heavy atom. The Hall–Kier alpha value is -1.95. The van der Waals surface area contributed by atoms with Gasteiger partial charge >= 0.3 is 0 Å². The van der Waals surface area contributed by atoms with Crippen LogP contribution in [0.25, 0.3) is 11.0 Å². The lowest BCUT2D eigenvalue weighted by Crippen LogP contribution is -2.23. The van der Waals surface area contributed by atoms with Gasteiger partial charge in [0.1, 0.15) is 11.6 Å². The van der Waals surface area contributed by atoms with Crippen LogP contribution in [0.2, 0.25) is 0 Å². The molecule has 1 aromatic carbocycles. The molecular formula is C15H17N5S. The topological polar surface area (TPSA) is 57.7 Å². The predicted molar refractivity (Wildman–Crippen MR) is 84.8 cm³/mol. The summed E-state index contributed by atoms with van der Waals surface area (Å²) < 4.78 is 4.30. The van der Waals surface area contributed by atoms with E-state index >= 15 is 0 Å². The maximum atomic E-state index is 4.78. The molecular weight excluding hydrogens is 282 g/mol. The van der Waals surface area contributed by atoms with E-state index in [2.05, 4.69) is 44.4 Å². The minimum Gasteiger partial charge on any atom is -0.340 e. The summed E-state index contributed by atoms with van der Waals surface area (Å²) in [7, 11) is 0. The molecule has 1 aliphatic heterocycles. The van der Waals surface area contributed by atoms with Crippen LogP contribution in [0.1, 0.15) is 36.1 Å². The zero-order valence-corrected chi connectivity index (χ0v) is 12.9. The number of fused-ring (bicyclic) bond motifs is 1. The van der Waals surface area contributed by atoms with Crippen LogP contribution < -0.4 is 4.90 Å². The first-order valence-electron chi connectivity index (χ1n) is 7.24. The largest absolute Gasteiger partial charge is 0.340 e. The molecule has 0 bridgehead atoms. The zero-order valence-electron chi connectivity index (χ0n) is 12.1. The second-order valence-corrected chi connectivity index (χ2v) is 6.35. The molecule has 2 aromatic heterocycles. The number of aromatic nitrogens is 4. The third kappa shape index (κ3) is 2.19. The number of nitrogens with one attached hydrogen (secondary N) is 1. The van der Waals surface area contributed by atoms with Gasteiger partial charge in [-0.3, -0.25) is 0 Å². The average Bonchev–Trinajstić information content (AvgIpc) is 3.14. The second kappa shape index (κ2) is 4.80. The van der Waals surface area contributed by atoms with Crippen molar-refractivity contribution in [3.63, 3.8) is 0 Å². The molecule has 0 radical (unpaired) electrons. The number of aryl methyl sites for hydroxylation is 2. The fourth-order valence-corrected chi connectivity index (χ4v) is 3.73. The fourth-order valence-electron chi connectivity index (χ4n) is 2.98. The van der Waals surface area contributed by atoms with Crippen LogP contribution in [0.3, 0.4) is 0 Å². The molecule has 0 amide bonds. The van der Waals surface area contributed by atoms with Crippen molar-refractivity contribution in [3.8, 4) is 0 Å². The van der Waals surface area contributed by atoms with Gasteiger partial charge in [0.25, 0.3) is 0 Å². The normalized spacial score (nSPS) is 18.8. The van der Waals surface area contributed by atoms with Gasteiger partial charge in [0, 0.05) is 18.1 Å². The molecule has 1 atom stereocenters. The van der Waals surface area contributed by atoms with Crippen molar-refractivity contribution in [1.29, 1.82) is 0 Å². The molecule has 1 aliphatic rings. The third-order valence-corrected chi connectivity index (χ3v) is 4.83. The Morgan fingerprint density at radius 3 is 3.00 bits per heavy atom. The number of aromatic amines is 1. The summed E-state index contributed by atoms with van der Waals surface area (Å²) >= 11 is 1.48. The van der Waals surface area contributed by atoms with Crippen molar-refractivity contribution in [1.82, 2.24) is 19.3 Å². The molecule has 3 aromatic rings. The van der Waals surface area contributed by atoms with Crippen LogP contribution in [0.5, 0.6) is 0 Å². The summed E-state index contributed by atoms with van der Waals surface area (Å²) in [5.74, 6) is 1.89. The predicted octanol–water partition coefficient (Wildman–Crippen LogP) is 3.37. The summed E-state index contributed by atoms with van der Waals surface area (Å²) in [6.45, 7) is 5.07. The molecule has 0 spiro atoms. The van der Waals surface area contributed by atoms with Crippen molar-refractivity contribution in [2.75, 3.05) is 11.4 Å². The van der Waals surface area contributed by atoms with Gasteiger partial charge in [0.05, 0.1) is 17.1 Å². The van der Waals surface area contributed by atoms with Crippen molar-refractivity contribution in [2.45, 2.75) is 32.7 Å². The molecule has 5 nitrogen and oxygen atoms in total. The van der Waals surface area contributed by atoms with Gasteiger partial charge in [0.2, 0.25) is 5.13 Å².